The van der Waals surface area contributed by atoms with Crippen LogP contribution in [0.5, 0.6) is 5.75 Å². The number of carbonyl (C=O) groups excluding carboxylic acids is 1. The summed E-state index contributed by atoms with van der Waals surface area (Å²) in [6, 6.07) is 17.8. The van der Waals surface area contributed by atoms with E-state index in [1.54, 1.807) is 12.1 Å². The second-order valence-electron chi connectivity index (χ2n) is 14.5. The molecule has 4 atom stereocenters. The maximum Gasteiger partial charge on any atom is 0.167 e. The van der Waals surface area contributed by atoms with E-state index in [9.17, 15) is 24.5 Å². The third-order valence-electron chi connectivity index (χ3n) is 11.5. The van der Waals surface area contributed by atoms with Crippen molar-refractivity contribution in [3.8, 4) is 5.75 Å². The molecular weight excluding hydrogens is 627 g/mol. The van der Waals surface area contributed by atoms with Gasteiger partial charge in [-0.15, -0.1) is 0 Å². The summed E-state index contributed by atoms with van der Waals surface area (Å²) in [6.07, 6.45) is 6.20. The highest BCUT2D eigenvalue weighted by Gasteiger charge is 2.57. The quantitative estimate of drug-likeness (QED) is 0.186. The topological polar surface area (TPSA) is 84.2 Å². The molecule has 0 aromatic heterocycles. The summed E-state index contributed by atoms with van der Waals surface area (Å²) in [6.45, 7) is 7.86. The molecule has 4 unspecified atom stereocenters. The number of allylic oxidation sites excluding steroid dienone is 2. The molecule has 0 spiro atoms. The van der Waals surface area contributed by atoms with Gasteiger partial charge < -0.3 is 20.2 Å². The Balaban J connectivity index is 1.32. The number of hydrogen-bond donors (Lipinski definition) is 3. The summed E-state index contributed by atoms with van der Waals surface area (Å²) >= 11 is 6.37. The van der Waals surface area contributed by atoms with Crippen molar-refractivity contribution in [2.75, 3.05) is 37.6 Å². The summed E-state index contributed by atoms with van der Waals surface area (Å²) in [5, 5.41) is 34.2. The lowest BCUT2D eigenvalue weighted by atomic mass is 9.64. The molecule has 256 valence electrons. The minimum Gasteiger partial charge on any atom is -0.506 e. The number of aromatic hydroxyl groups is 1. The molecule has 1 aliphatic heterocycles. The number of phenolic OH excluding ortho intramolecular Hbond substituents is 1. The van der Waals surface area contributed by atoms with Crippen molar-refractivity contribution < 1.29 is 24.5 Å². The summed E-state index contributed by atoms with van der Waals surface area (Å²) in [4.78, 5) is 18.7. The highest BCUT2D eigenvalue weighted by Crippen LogP contribution is 2.59. The molecule has 3 aromatic carbocycles. The number of benzene rings is 3. The van der Waals surface area contributed by atoms with E-state index >= 15 is 0 Å². The van der Waals surface area contributed by atoms with Crippen LogP contribution in [0.3, 0.4) is 0 Å². The molecule has 3 aliphatic carbocycles. The molecule has 0 radical (unpaired) electrons. The molecule has 6 nitrogen and oxygen atoms in total. The van der Waals surface area contributed by atoms with E-state index in [1.807, 2.05) is 36.4 Å². The number of β-amino-alcohol motifs (C(OH)–C–C–N with tert-alkyl or cyclic N) is 1. The number of rotatable bonds is 6. The molecular formula is C40H48ClFN2O4. The highest BCUT2D eigenvalue weighted by atomic mass is 35.5. The molecule has 2 fully saturated rings. The number of phenols is 1. The van der Waals surface area contributed by atoms with Gasteiger partial charge in [-0.1, -0.05) is 60.5 Å². The number of halogens is 2. The van der Waals surface area contributed by atoms with Gasteiger partial charge in [0.05, 0.1) is 17.4 Å². The van der Waals surface area contributed by atoms with Crippen LogP contribution in [-0.4, -0.2) is 70.4 Å². The minimum atomic E-state index is -1.00. The molecule has 3 aromatic rings. The van der Waals surface area contributed by atoms with E-state index in [0.29, 0.717) is 31.4 Å². The molecule has 7 rings (SSSR count). The van der Waals surface area contributed by atoms with Crippen LogP contribution in [0, 0.1) is 11.2 Å². The van der Waals surface area contributed by atoms with Gasteiger partial charge in [0, 0.05) is 60.7 Å². The van der Waals surface area contributed by atoms with Crippen LogP contribution in [0.25, 0.3) is 0 Å². The number of Topliss-reactive ketones (excluding diaryl/α,β-unsaturated/α-hetero) is 1. The summed E-state index contributed by atoms with van der Waals surface area (Å²) in [7, 11) is 0. The van der Waals surface area contributed by atoms with E-state index < -0.39 is 22.9 Å². The first-order valence-electron chi connectivity index (χ1n) is 17.4. The van der Waals surface area contributed by atoms with Crippen molar-refractivity contribution in [2.24, 2.45) is 5.41 Å². The van der Waals surface area contributed by atoms with Gasteiger partial charge in [-0.2, -0.15) is 0 Å². The SMILES string of the molecule is CC1=CCCC2(C)C(CCC2(O)CN2CCN(c3ccccc3O)CC2)c2ccc(cc2C(=O)Cc2c(F)cccc2Cl)CC(O)CC1. The third kappa shape index (κ3) is 7.07. The summed E-state index contributed by atoms with van der Waals surface area (Å²) in [5.41, 5.74) is 2.98. The van der Waals surface area contributed by atoms with E-state index in [1.165, 1.54) is 17.7 Å². The molecule has 48 heavy (non-hydrogen) atoms. The number of aliphatic hydroxyl groups excluding tert-OH is 1. The fraction of sp³-hybridized carbons (Fsp3) is 0.475. The van der Waals surface area contributed by atoms with Crippen molar-refractivity contribution in [2.45, 2.75) is 82.8 Å². The van der Waals surface area contributed by atoms with E-state index in [-0.39, 0.29) is 34.5 Å². The first-order valence-corrected chi connectivity index (χ1v) is 17.8. The molecule has 2 bridgehead atoms. The summed E-state index contributed by atoms with van der Waals surface area (Å²) < 4.78 is 14.9. The van der Waals surface area contributed by atoms with Crippen molar-refractivity contribution in [3.63, 3.8) is 0 Å². The van der Waals surface area contributed by atoms with E-state index in [2.05, 4.69) is 29.7 Å². The van der Waals surface area contributed by atoms with Gasteiger partial charge in [-0.05, 0) is 99.2 Å². The maximum absolute atomic E-state index is 14.9. The Hall–Kier alpha value is -3.23. The smallest absolute Gasteiger partial charge is 0.167 e. The molecule has 8 heteroatoms. The molecule has 4 aliphatic rings. The lowest BCUT2D eigenvalue weighted by molar-refractivity contribution is -0.0841. The second kappa shape index (κ2) is 14.3. The second-order valence-corrected chi connectivity index (χ2v) is 14.9. The van der Waals surface area contributed by atoms with Crippen molar-refractivity contribution >= 4 is 23.1 Å². The number of carbonyl (C=O) groups is 1. The average molecular weight is 675 g/mol. The number of fused-ring (bicyclic) bond motifs is 8. The van der Waals surface area contributed by atoms with Crippen LogP contribution in [0.4, 0.5) is 10.1 Å². The Kier molecular flexibility index (Phi) is 10.3. The van der Waals surface area contributed by atoms with Gasteiger partial charge in [0.25, 0.3) is 0 Å². The van der Waals surface area contributed by atoms with Crippen molar-refractivity contribution in [1.82, 2.24) is 4.90 Å². The predicted molar refractivity (Wildman–Crippen MR) is 190 cm³/mol. The fourth-order valence-electron chi connectivity index (χ4n) is 8.45. The normalized spacial score (nSPS) is 27.0. The van der Waals surface area contributed by atoms with Gasteiger partial charge >= 0.3 is 0 Å². The highest BCUT2D eigenvalue weighted by molar-refractivity contribution is 6.31. The van der Waals surface area contributed by atoms with Crippen LogP contribution in [0.1, 0.15) is 85.3 Å². The van der Waals surface area contributed by atoms with Crippen LogP contribution in [0.15, 0.2) is 72.3 Å². The molecule has 1 saturated carbocycles. The Morgan fingerprint density at radius 2 is 1.79 bits per heavy atom. The zero-order valence-corrected chi connectivity index (χ0v) is 28.9. The lowest BCUT2D eigenvalue weighted by Gasteiger charge is -2.47. The zero-order valence-electron chi connectivity index (χ0n) is 28.1. The third-order valence-corrected chi connectivity index (χ3v) is 11.8. The number of hydrogen-bond acceptors (Lipinski definition) is 6. The van der Waals surface area contributed by atoms with Crippen LogP contribution < -0.4 is 4.90 Å². The standard InChI is InChI=1S/C40H48ClFN2O4/c1-27-7-6-17-39(2)33(16-18-40(39,48)26-43-19-21-44(22-20-43)36-10-3-4-11-37(36)46)30-15-13-28(23-29(45)14-12-27)24-31(30)38(47)25-32-34(41)8-5-9-35(32)42/h3-5,7-11,13,15,24,29,33,45-46,48H,6,12,14,16-23,25-26H2,1-2H3. The van der Waals surface area contributed by atoms with Gasteiger partial charge in [0.15, 0.2) is 5.78 Å². The van der Waals surface area contributed by atoms with Crippen LogP contribution in [-0.2, 0) is 12.8 Å². The van der Waals surface area contributed by atoms with Crippen LogP contribution >= 0.6 is 11.6 Å². The summed E-state index contributed by atoms with van der Waals surface area (Å²) in [5.74, 6) is -0.539. The van der Waals surface area contributed by atoms with Crippen molar-refractivity contribution in [3.05, 3.63) is 105 Å². The average Bonchev–Trinajstić information content (AvgIpc) is 3.31. The number of anilines is 1. The number of nitrogens with zero attached hydrogens (tertiary/aromatic N) is 2. The fourth-order valence-corrected chi connectivity index (χ4v) is 8.68. The minimum absolute atomic E-state index is 0.101. The number of aliphatic hydroxyl groups is 2. The Bertz CT molecular complexity index is 1650. The first-order chi connectivity index (χ1) is 23.0. The molecule has 1 heterocycles. The van der Waals surface area contributed by atoms with E-state index in [0.717, 1.165) is 68.7 Å². The number of para-hydroxylation sites is 2. The lowest BCUT2D eigenvalue weighted by Crippen LogP contribution is -2.56. The molecule has 1 saturated heterocycles. The largest absolute Gasteiger partial charge is 0.506 e. The zero-order chi connectivity index (χ0) is 34.1. The number of piperazine rings is 1. The first kappa shape index (κ1) is 34.6. The Labute approximate surface area is 288 Å². The maximum atomic E-state index is 14.9. The monoisotopic (exact) mass is 674 g/mol. The molecule has 0 amide bonds. The predicted octanol–water partition coefficient (Wildman–Crippen LogP) is 7.47. The Morgan fingerprint density at radius 3 is 2.54 bits per heavy atom. The van der Waals surface area contributed by atoms with Crippen molar-refractivity contribution in [1.29, 1.82) is 0 Å². The molecule has 3 N–H and O–H groups in total. The number of ketones is 1. The van der Waals surface area contributed by atoms with Gasteiger partial charge in [-0.25, -0.2) is 4.39 Å². The van der Waals surface area contributed by atoms with Crippen LogP contribution in [0.2, 0.25) is 5.02 Å². The van der Waals surface area contributed by atoms with E-state index in [4.69, 9.17) is 11.6 Å². The van der Waals surface area contributed by atoms with Gasteiger partial charge in [0.1, 0.15) is 11.6 Å². The Morgan fingerprint density at radius 1 is 1.02 bits per heavy atom. The van der Waals surface area contributed by atoms with Gasteiger partial charge in [-0.3, -0.25) is 9.69 Å². The van der Waals surface area contributed by atoms with Gasteiger partial charge in [0.2, 0.25) is 0 Å².